The number of hydrogen-bond acceptors (Lipinski definition) is 4. The van der Waals surface area contributed by atoms with Crippen LogP contribution in [0.3, 0.4) is 0 Å². The van der Waals surface area contributed by atoms with Crippen molar-refractivity contribution in [1.82, 2.24) is 9.78 Å². The summed E-state index contributed by atoms with van der Waals surface area (Å²) < 4.78 is 29.1. The Morgan fingerprint density at radius 3 is 2.32 bits per heavy atom. The van der Waals surface area contributed by atoms with Crippen molar-refractivity contribution >= 4 is 50.6 Å². The Morgan fingerprint density at radius 1 is 1.04 bits per heavy atom. The molecule has 10 heteroatoms. The van der Waals surface area contributed by atoms with E-state index in [1.165, 1.54) is 25.1 Å². The first-order valence-corrected chi connectivity index (χ1v) is 10.3. The molecule has 0 saturated heterocycles. The van der Waals surface area contributed by atoms with Gasteiger partial charge < -0.3 is 5.32 Å². The predicted molar refractivity (Wildman–Crippen MR) is 110 cm³/mol. The first-order chi connectivity index (χ1) is 13.2. The molecule has 0 unspecified atom stereocenters. The number of aryl methyl sites for hydroxylation is 1. The Hall–Kier alpha value is -2.55. The predicted octanol–water partition coefficient (Wildman–Crippen LogP) is 4.25. The average Bonchev–Trinajstić information content (AvgIpc) is 2.97. The van der Waals surface area contributed by atoms with Gasteiger partial charge in [0.15, 0.2) is 0 Å². The van der Waals surface area contributed by atoms with E-state index in [-0.39, 0.29) is 20.8 Å². The summed E-state index contributed by atoms with van der Waals surface area (Å²) in [5, 5.41) is 7.47. The zero-order chi connectivity index (χ0) is 20.5. The van der Waals surface area contributed by atoms with Gasteiger partial charge in [0.1, 0.15) is 5.82 Å². The SMILES string of the molecule is CC(=O)Nc1cc(C)nn1-c1ccc(NS(=O)(=O)c2ccc(Cl)c(Cl)c2)cc1. The van der Waals surface area contributed by atoms with Gasteiger partial charge >= 0.3 is 0 Å². The van der Waals surface area contributed by atoms with Crippen LogP contribution in [0, 0.1) is 6.92 Å². The van der Waals surface area contributed by atoms with Crippen LogP contribution in [0.1, 0.15) is 12.6 Å². The van der Waals surface area contributed by atoms with Crippen molar-refractivity contribution in [2.24, 2.45) is 0 Å². The summed E-state index contributed by atoms with van der Waals surface area (Å²) in [6.45, 7) is 3.22. The number of carbonyl (C=O) groups is 1. The molecule has 0 aliphatic rings. The standard InChI is InChI=1S/C18H16Cl2N4O3S/c1-11-9-18(21-12(2)25)24(22-11)14-5-3-13(4-6-14)23-28(26,27)15-7-8-16(19)17(20)10-15/h3-10,23H,1-2H3,(H,21,25). The molecular weight excluding hydrogens is 423 g/mol. The molecule has 0 bridgehead atoms. The number of sulfonamides is 1. The highest BCUT2D eigenvalue weighted by atomic mass is 35.5. The highest BCUT2D eigenvalue weighted by molar-refractivity contribution is 7.92. The van der Waals surface area contributed by atoms with E-state index in [0.29, 0.717) is 17.2 Å². The third-order valence-corrected chi connectivity index (χ3v) is 5.82. The fourth-order valence-electron chi connectivity index (χ4n) is 2.49. The number of anilines is 2. The van der Waals surface area contributed by atoms with Crippen LogP contribution in [0.2, 0.25) is 10.0 Å². The maximum Gasteiger partial charge on any atom is 0.261 e. The van der Waals surface area contributed by atoms with E-state index in [0.717, 1.165) is 5.69 Å². The molecule has 0 spiro atoms. The number of nitrogens with zero attached hydrogens (tertiary/aromatic N) is 2. The molecule has 3 rings (SSSR count). The van der Waals surface area contributed by atoms with E-state index in [2.05, 4.69) is 15.1 Å². The van der Waals surface area contributed by atoms with E-state index < -0.39 is 10.0 Å². The maximum atomic E-state index is 12.5. The summed E-state index contributed by atoms with van der Waals surface area (Å²) in [5.74, 6) is 0.307. The second-order valence-electron chi connectivity index (χ2n) is 5.99. The molecule has 0 saturated carbocycles. The van der Waals surface area contributed by atoms with E-state index in [9.17, 15) is 13.2 Å². The zero-order valence-electron chi connectivity index (χ0n) is 14.9. The molecule has 3 aromatic rings. The highest BCUT2D eigenvalue weighted by Crippen LogP contribution is 2.26. The van der Waals surface area contributed by atoms with Crippen molar-refractivity contribution in [3.8, 4) is 5.69 Å². The Balaban J connectivity index is 1.85. The molecule has 7 nitrogen and oxygen atoms in total. The molecule has 1 amide bonds. The van der Waals surface area contributed by atoms with Crippen molar-refractivity contribution in [2.75, 3.05) is 10.0 Å². The largest absolute Gasteiger partial charge is 0.311 e. The van der Waals surface area contributed by atoms with Gasteiger partial charge in [0.2, 0.25) is 5.91 Å². The number of benzene rings is 2. The van der Waals surface area contributed by atoms with E-state index >= 15 is 0 Å². The Kier molecular flexibility index (Phi) is 5.64. The Labute approximate surface area is 172 Å². The van der Waals surface area contributed by atoms with Crippen molar-refractivity contribution in [2.45, 2.75) is 18.7 Å². The molecule has 28 heavy (non-hydrogen) atoms. The quantitative estimate of drug-likeness (QED) is 0.622. The minimum atomic E-state index is -3.82. The fourth-order valence-corrected chi connectivity index (χ4v) is 3.94. The second kappa shape index (κ2) is 7.83. The lowest BCUT2D eigenvalue weighted by Crippen LogP contribution is -2.13. The topological polar surface area (TPSA) is 93.1 Å². The molecule has 0 fully saturated rings. The molecule has 1 heterocycles. The number of rotatable bonds is 5. The lowest BCUT2D eigenvalue weighted by atomic mass is 10.3. The van der Waals surface area contributed by atoms with Crippen LogP contribution < -0.4 is 10.0 Å². The average molecular weight is 439 g/mol. The third kappa shape index (κ3) is 4.46. The molecule has 0 aliphatic heterocycles. The summed E-state index contributed by atoms with van der Waals surface area (Å²) in [6, 6.07) is 12.4. The Morgan fingerprint density at radius 2 is 1.71 bits per heavy atom. The summed E-state index contributed by atoms with van der Waals surface area (Å²) in [4.78, 5) is 11.4. The number of halogens is 2. The van der Waals surface area contributed by atoms with Crippen LogP contribution in [0.15, 0.2) is 53.4 Å². The van der Waals surface area contributed by atoms with Crippen LogP contribution in [-0.2, 0) is 14.8 Å². The highest BCUT2D eigenvalue weighted by Gasteiger charge is 2.16. The normalized spacial score (nSPS) is 11.3. The summed E-state index contributed by atoms with van der Waals surface area (Å²) in [6.07, 6.45) is 0. The third-order valence-electron chi connectivity index (χ3n) is 3.70. The number of amides is 1. The molecule has 1 aromatic heterocycles. The van der Waals surface area contributed by atoms with Gasteiger partial charge in [0, 0.05) is 18.7 Å². The molecule has 2 N–H and O–H groups in total. The van der Waals surface area contributed by atoms with Gasteiger partial charge in [-0.3, -0.25) is 9.52 Å². The van der Waals surface area contributed by atoms with Gasteiger partial charge in [-0.2, -0.15) is 5.10 Å². The lowest BCUT2D eigenvalue weighted by molar-refractivity contribution is -0.114. The van der Waals surface area contributed by atoms with Gasteiger partial charge in [0.25, 0.3) is 10.0 Å². The van der Waals surface area contributed by atoms with Crippen molar-refractivity contribution in [3.05, 3.63) is 64.3 Å². The van der Waals surface area contributed by atoms with Crippen LogP contribution >= 0.6 is 23.2 Å². The van der Waals surface area contributed by atoms with E-state index in [1.807, 2.05) is 6.92 Å². The summed E-state index contributed by atoms with van der Waals surface area (Å²) in [7, 11) is -3.82. The number of carbonyl (C=O) groups excluding carboxylic acids is 1. The fraction of sp³-hybridized carbons (Fsp3) is 0.111. The van der Waals surface area contributed by atoms with E-state index in [1.54, 1.807) is 35.0 Å². The molecular formula is C18H16Cl2N4O3S. The van der Waals surface area contributed by atoms with Crippen LogP contribution in [-0.4, -0.2) is 24.1 Å². The molecule has 0 aliphatic carbocycles. The first-order valence-electron chi connectivity index (χ1n) is 8.08. The number of aromatic nitrogens is 2. The van der Waals surface area contributed by atoms with E-state index in [4.69, 9.17) is 23.2 Å². The van der Waals surface area contributed by atoms with Crippen LogP contribution in [0.25, 0.3) is 5.69 Å². The maximum absolute atomic E-state index is 12.5. The summed E-state index contributed by atoms with van der Waals surface area (Å²) >= 11 is 11.7. The minimum Gasteiger partial charge on any atom is -0.311 e. The van der Waals surface area contributed by atoms with Gasteiger partial charge in [-0.1, -0.05) is 23.2 Å². The number of nitrogens with one attached hydrogen (secondary N) is 2. The van der Waals surface area contributed by atoms with Crippen molar-refractivity contribution < 1.29 is 13.2 Å². The van der Waals surface area contributed by atoms with Gasteiger partial charge in [-0.15, -0.1) is 0 Å². The monoisotopic (exact) mass is 438 g/mol. The van der Waals surface area contributed by atoms with Crippen molar-refractivity contribution in [1.29, 1.82) is 0 Å². The molecule has 0 atom stereocenters. The minimum absolute atomic E-state index is 0.00150. The number of hydrogen-bond donors (Lipinski definition) is 2. The van der Waals surface area contributed by atoms with Crippen molar-refractivity contribution in [3.63, 3.8) is 0 Å². The molecule has 2 aromatic carbocycles. The summed E-state index contributed by atoms with van der Waals surface area (Å²) in [5.41, 5.74) is 1.75. The molecule has 146 valence electrons. The smallest absolute Gasteiger partial charge is 0.261 e. The van der Waals surface area contributed by atoms with Crippen LogP contribution in [0.5, 0.6) is 0 Å². The lowest BCUT2D eigenvalue weighted by Gasteiger charge is -2.11. The van der Waals surface area contributed by atoms with Gasteiger partial charge in [-0.05, 0) is 49.4 Å². The van der Waals surface area contributed by atoms with Crippen LogP contribution in [0.4, 0.5) is 11.5 Å². The van der Waals surface area contributed by atoms with Gasteiger partial charge in [0.05, 0.1) is 26.3 Å². The first kappa shape index (κ1) is 20.2. The second-order valence-corrected chi connectivity index (χ2v) is 8.49. The Bertz CT molecular complexity index is 1140. The van der Waals surface area contributed by atoms with Gasteiger partial charge in [-0.25, -0.2) is 13.1 Å². The molecule has 0 radical (unpaired) electrons. The zero-order valence-corrected chi connectivity index (χ0v) is 17.2.